The Balaban J connectivity index is 3.02. The van der Waals surface area contributed by atoms with Crippen molar-refractivity contribution in [2.45, 2.75) is 54.4 Å². The van der Waals surface area contributed by atoms with Crippen LogP contribution in [0.5, 0.6) is 0 Å². The number of nitrogens with zero attached hydrogens (tertiary/aromatic N) is 3. The predicted octanol–water partition coefficient (Wildman–Crippen LogP) is 4.03. The molecule has 4 heteroatoms. The van der Waals surface area contributed by atoms with Crippen LogP contribution in [0.15, 0.2) is 0 Å². The van der Waals surface area contributed by atoms with Crippen LogP contribution >= 0.6 is 0 Å². The summed E-state index contributed by atoms with van der Waals surface area (Å²) in [7, 11) is 1.92. The average Bonchev–Trinajstić information content (AvgIpc) is 2.41. The maximum absolute atomic E-state index is 4.71. The van der Waals surface area contributed by atoms with Gasteiger partial charge in [-0.15, -0.1) is 0 Å². The minimum atomic E-state index is 0.707. The first-order valence-corrected chi connectivity index (χ1v) is 8.13. The largest absolute Gasteiger partial charge is 0.373 e. The van der Waals surface area contributed by atoms with Crippen molar-refractivity contribution in [3.63, 3.8) is 0 Å². The molecule has 1 aromatic heterocycles. The van der Waals surface area contributed by atoms with Gasteiger partial charge in [0.15, 0.2) is 0 Å². The molecule has 0 aromatic carbocycles. The Morgan fingerprint density at radius 3 is 1.90 bits per heavy atom. The van der Waals surface area contributed by atoms with Crippen LogP contribution in [0.3, 0.4) is 0 Å². The fourth-order valence-electron chi connectivity index (χ4n) is 2.32. The Kier molecular flexibility index (Phi) is 6.93. The third-order valence-corrected chi connectivity index (χ3v) is 3.72. The molecule has 0 aliphatic heterocycles. The molecule has 0 saturated carbocycles. The average molecular weight is 292 g/mol. The molecule has 1 heterocycles. The van der Waals surface area contributed by atoms with Gasteiger partial charge in [0.05, 0.1) is 0 Å². The van der Waals surface area contributed by atoms with Crippen molar-refractivity contribution >= 4 is 11.6 Å². The summed E-state index contributed by atoms with van der Waals surface area (Å²) >= 11 is 0. The van der Waals surface area contributed by atoms with Crippen LogP contribution < -0.4 is 10.2 Å². The van der Waals surface area contributed by atoms with Gasteiger partial charge in [0.1, 0.15) is 17.5 Å². The Morgan fingerprint density at radius 1 is 0.952 bits per heavy atom. The van der Waals surface area contributed by atoms with E-state index in [-0.39, 0.29) is 0 Å². The molecule has 120 valence electrons. The van der Waals surface area contributed by atoms with E-state index in [2.05, 4.69) is 49.8 Å². The molecule has 0 spiro atoms. The first-order valence-electron chi connectivity index (χ1n) is 8.13. The van der Waals surface area contributed by atoms with Crippen molar-refractivity contribution in [2.75, 3.05) is 30.4 Å². The summed E-state index contributed by atoms with van der Waals surface area (Å²) < 4.78 is 0. The number of hydrogen-bond donors (Lipinski definition) is 1. The number of aromatic nitrogens is 2. The first kappa shape index (κ1) is 17.7. The summed E-state index contributed by atoms with van der Waals surface area (Å²) in [5.41, 5.74) is 1.15. The van der Waals surface area contributed by atoms with E-state index < -0.39 is 0 Å². The molecule has 0 radical (unpaired) electrons. The SMILES string of the molecule is CNc1nc(C)nc(N(CCC(C)C)CCC(C)C)c1C. The highest BCUT2D eigenvalue weighted by Gasteiger charge is 2.16. The van der Waals surface area contributed by atoms with Crippen LogP contribution in [0.2, 0.25) is 0 Å². The Hall–Kier alpha value is -1.32. The van der Waals surface area contributed by atoms with Gasteiger partial charge in [-0.3, -0.25) is 0 Å². The van der Waals surface area contributed by atoms with Gasteiger partial charge in [-0.2, -0.15) is 0 Å². The minimum Gasteiger partial charge on any atom is -0.373 e. The van der Waals surface area contributed by atoms with Gasteiger partial charge < -0.3 is 10.2 Å². The van der Waals surface area contributed by atoms with Crippen molar-refractivity contribution in [3.8, 4) is 0 Å². The molecule has 0 bridgehead atoms. The quantitative estimate of drug-likeness (QED) is 0.785. The summed E-state index contributed by atoms with van der Waals surface area (Å²) in [5, 5.41) is 3.18. The molecule has 0 fully saturated rings. The predicted molar refractivity (Wildman–Crippen MR) is 92.2 cm³/mol. The molecule has 0 aliphatic carbocycles. The monoisotopic (exact) mass is 292 g/mol. The Morgan fingerprint density at radius 2 is 1.48 bits per heavy atom. The molecule has 0 aliphatic rings. The number of hydrogen-bond acceptors (Lipinski definition) is 4. The van der Waals surface area contributed by atoms with Crippen LogP contribution in [0, 0.1) is 25.7 Å². The van der Waals surface area contributed by atoms with E-state index in [1.165, 1.54) is 12.8 Å². The minimum absolute atomic E-state index is 0.707. The van der Waals surface area contributed by atoms with Crippen LogP contribution in [0.4, 0.5) is 11.6 Å². The highest BCUT2D eigenvalue weighted by atomic mass is 15.2. The van der Waals surface area contributed by atoms with Gasteiger partial charge in [-0.05, 0) is 38.5 Å². The maximum atomic E-state index is 4.71. The van der Waals surface area contributed by atoms with Gasteiger partial charge >= 0.3 is 0 Å². The molecule has 1 rings (SSSR count). The molecule has 0 amide bonds. The van der Waals surface area contributed by atoms with Gasteiger partial charge in [-0.25, -0.2) is 9.97 Å². The van der Waals surface area contributed by atoms with Crippen LogP contribution in [0.25, 0.3) is 0 Å². The van der Waals surface area contributed by atoms with Crippen LogP contribution in [0.1, 0.15) is 51.9 Å². The van der Waals surface area contributed by atoms with E-state index in [9.17, 15) is 0 Å². The van der Waals surface area contributed by atoms with Crippen LogP contribution in [-0.2, 0) is 0 Å². The van der Waals surface area contributed by atoms with Gasteiger partial charge in [0, 0.05) is 25.7 Å². The van der Waals surface area contributed by atoms with Gasteiger partial charge in [-0.1, -0.05) is 27.7 Å². The molecule has 0 atom stereocenters. The first-order chi connectivity index (χ1) is 9.85. The van der Waals surface area contributed by atoms with E-state index in [4.69, 9.17) is 4.98 Å². The molecule has 0 saturated heterocycles. The summed E-state index contributed by atoms with van der Waals surface area (Å²) in [6.07, 6.45) is 2.38. The molecular weight excluding hydrogens is 260 g/mol. The summed E-state index contributed by atoms with van der Waals surface area (Å²) in [6.45, 7) is 15.3. The fourth-order valence-corrected chi connectivity index (χ4v) is 2.32. The van der Waals surface area contributed by atoms with Crippen molar-refractivity contribution in [1.82, 2.24) is 9.97 Å². The highest BCUT2D eigenvalue weighted by molar-refractivity contribution is 5.58. The van der Waals surface area contributed by atoms with Crippen molar-refractivity contribution in [2.24, 2.45) is 11.8 Å². The van der Waals surface area contributed by atoms with E-state index in [0.29, 0.717) is 11.8 Å². The molecule has 21 heavy (non-hydrogen) atoms. The third-order valence-electron chi connectivity index (χ3n) is 3.72. The molecule has 4 nitrogen and oxygen atoms in total. The second-order valence-corrected chi connectivity index (χ2v) is 6.67. The lowest BCUT2D eigenvalue weighted by atomic mass is 10.1. The number of aryl methyl sites for hydroxylation is 1. The van der Waals surface area contributed by atoms with E-state index in [1.54, 1.807) is 0 Å². The zero-order chi connectivity index (χ0) is 16.0. The molecule has 0 unspecified atom stereocenters. The number of anilines is 2. The zero-order valence-corrected chi connectivity index (χ0v) is 14.8. The fraction of sp³-hybridized carbons (Fsp3) is 0.765. The molecular formula is C17H32N4. The third kappa shape index (κ3) is 5.52. The van der Waals surface area contributed by atoms with Gasteiger partial charge in [0.25, 0.3) is 0 Å². The Labute approximate surface area is 130 Å². The van der Waals surface area contributed by atoms with E-state index in [0.717, 1.165) is 36.1 Å². The lowest BCUT2D eigenvalue weighted by Gasteiger charge is -2.27. The van der Waals surface area contributed by atoms with Crippen molar-refractivity contribution in [3.05, 3.63) is 11.4 Å². The second kappa shape index (κ2) is 8.20. The zero-order valence-electron chi connectivity index (χ0n) is 14.8. The number of rotatable bonds is 8. The van der Waals surface area contributed by atoms with Gasteiger partial charge in [0.2, 0.25) is 0 Å². The molecule has 1 aromatic rings. The smallest absolute Gasteiger partial charge is 0.137 e. The second-order valence-electron chi connectivity index (χ2n) is 6.67. The van der Waals surface area contributed by atoms with Crippen LogP contribution in [-0.4, -0.2) is 30.1 Å². The lowest BCUT2D eigenvalue weighted by molar-refractivity contribution is 0.532. The Bertz CT molecular complexity index is 429. The summed E-state index contributed by atoms with van der Waals surface area (Å²) in [6, 6.07) is 0. The van der Waals surface area contributed by atoms with E-state index in [1.807, 2.05) is 14.0 Å². The maximum Gasteiger partial charge on any atom is 0.137 e. The van der Waals surface area contributed by atoms with E-state index >= 15 is 0 Å². The lowest BCUT2D eigenvalue weighted by Crippen LogP contribution is -2.29. The standard InChI is InChI=1S/C17H32N4/c1-12(2)8-10-21(11-9-13(3)4)17-14(5)16(18-7)19-15(6)20-17/h12-13H,8-11H2,1-7H3,(H,18,19,20). The normalized spacial score (nSPS) is 11.3. The highest BCUT2D eigenvalue weighted by Crippen LogP contribution is 2.24. The molecule has 1 N–H and O–H groups in total. The summed E-state index contributed by atoms with van der Waals surface area (Å²) in [5.74, 6) is 4.28. The topological polar surface area (TPSA) is 41.1 Å². The van der Waals surface area contributed by atoms with Crippen molar-refractivity contribution in [1.29, 1.82) is 0 Å². The number of nitrogens with one attached hydrogen (secondary N) is 1. The summed E-state index contributed by atoms with van der Waals surface area (Å²) in [4.78, 5) is 11.6. The van der Waals surface area contributed by atoms with Crippen molar-refractivity contribution < 1.29 is 0 Å².